The van der Waals surface area contributed by atoms with Crippen LogP contribution >= 0.6 is 11.6 Å². The predicted molar refractivity (Wildman–Crippen MR) is 118 cm³/mol. The molecular formula is C22H18ClFN2O3S. The molecule has 0 aliphatic carbocycles. The Labute approximate surface area is 179 Å². The minimum Gasteiger partial charge on any atom is -0.323 e. The number of hydrogen-bond acceptors (Lipinski definition) is 3. The Bertz CT molecular complexity index is 1190. The maximum Gasteiger partial charge on any atom is 0.261 e. The quantitative estimate of drug-likeness (QED) is 0.510. The average Bonchev–Trinajstić information content (AvgIpc) is 2.71. The SMILES string of the molecule is Cc1c(Cl)cccc1NS(=O)(=O)c1ccc(NC(=O)/C=C/c2ccc(F)cc2)cc1. The van der Waals surface area contributed by atoms with E-state index < -0.39 is 15.9 Å². The van der Waals surface area contributed by atoms with Crippen LogP contribution in [0.3, 0.4) is 0 Å². The Balaban J connectivity index is 1.67. The van der Waals surface area contributed by atoms with Gasteiger partial charge in [-0.1, -0.05) is 29.8 Å². The Hall–Kier alpha value is -3.16. The zero-order chi connectivity index (χ0) is 21.7. The summed E-state index contributed by atoms with van der Waals surface area (Å²) < 4.78 is 40.6. The van der Waals surface area contributed by atoms with Crippen LogP contribution in [-0.4, -0.2) is 14.3 Å². The van der Waals surface area contributed by atoms with Crippen molar-refractivity contribution in [2.45, 2.75) is 11.8 Å². The van der Waals surface area contributed by atoms with Gasteiger partial charge in [0.2, 0.25) is 5.91 Å². The molecule has 3 aromatic rings. The highest BCUT2D eigenvalue weighted by molar-refractivity contribution is 7.92. The van der Waals surface area contributed by atoms with Gasteiger partial charge in [0.15, 0.2) is 0 Å². The van der Waals surface area contributed by atoms with Gasteiger partial charge >= 0.3 is 0 Å². The van der Waals surface area contributed by atoms with Crippen molar-refractivity contribution in [3.8, 4) is 0 Å². The highest BCUT2D eigenvalue weighted by Gasteiger charge is 2.16. The molecule has 0 aliphatic heterocycles. The van der Waals surface area contributed by atoms with Crippen molar-refractivity contribution in [3.05, 3.63) is 94.8 Å². The van der Waals surface area contributed by atoms with Crippen LogP contribution in [0.2, 0.25) is 5.02 Å². The van der Waals surface area contributed by atoms with Crippen molar-refractivity contribution in [3.63, 3.8) is 0 Å². The van der Waals surface area contributed by atoms with Gasteiger partial charge in [-0.3, -0.25) is 9.52 Å². The van der Waals surface area contributed by atoms with E-state index in [9.17, 15) is 17.6 Å². The van der Waals surface area contributed by atoms with E-state index in [0.29, 0.717) is 27.5 Å². The van der Waals surface area contributed by atoms with Crippen molar-refractivity contribution >= 4 is 45.0 Å². The van der Waals surface area contributed by atoms with Gasteiger partial charge in [0.05, 0.1) is 10.6 Å². The molecule has 0 aromatic heterocycles. The van der Waals surface area contributed by atoms with E-state index in [0.717, 1.165) is 0 Å². The summed E-state index contributed by atoms with van der Waals surface area (Å²) in [4.78, 5) is 12.1. The van der Waals surface area contributed by atoms with Crippen LogP contribution in [-0.2, 0) is 14.8 Å². The molecule has 0 fully saturated rings. The molecule has 0 atom stereocenters. The Kier molecular flexibility index (Phi) is 6.54. The van der Waals surface area contributed by atoms with E-state index in [1.807, 2.05) is 0 Å². The first-order valence-electron chi connectivity index (χ1n) is 8.87. The fourth-order valence-electron chi connectivity index (χ4n) is 2.57. The van der Waals surface area contributed by atoms with Crippen molar-refractivity contribution in [2.24, 2.45) is 0 Å². The molecule has 3 aromatic carbocycles. The molecule has 0 aliphatic rings. The third-order valence-corrected chi connectivity index (χ3v) is 6.03. The fraction of sp³-hybridized carbons (Fsp3) is 0.0455. The normalized spacial score (nSPS) is 11.4. The summed E-state index contributed by atoms with van der Waals surface area (Å²) in [5, 5.41) is 3.10. The van der Waals surface area contributed by atoms with E-state index in [1.54, 1.807) is 43.3 Å². The molecular weight excluding hydrogens is 427 g/mol. The number of anilines is 2. The van der Waals surface area contributed by atoms with Crippen molar-refractivity contribution in [2.75, 3.05) is 10.0 Å². The van der Waals surface area contributed by atoms with Crippen LogP contribution in [0.5, 0.6) is 0 Å². The largest absolute Gasteiger partial charge is 0.323 e. The van der Waals surface area contributed by atoms with Gasteiger partial charge in [-0.05, 0) is 72.7 Å². The second-order valence-electron chi connectivity index (χ2n) is 6.42. The number of benzene rings is 3. The molecule has 0 heterocycles. The lowest BCUT2D eigenvalue weighted by Crippen LogP contribution is -2.14. The van der Waals surface area contributed by atoms with Gasteiger partial charge < -0.3 is 5.32 Å². The smallest absolute Gasteiger partial charge is 0.261 e. The van der Waals surface area contributed by atoms with E-state index in [1.165, 1.54) is 42.5 Å². The molecule has 0 saturated carbocycles. The zero-order valence-electron chi connectivity index (χ0n) is 15.9. The Morgan fingerprint density at radius 1 is 1.00 bits per heavy atom. The number of halogens is 2. The number of nitrogens with one attached hydrogen (secondary N) is 2. The molecule has 2 N–H and O–H groups in total. The minimum atomic E-state index is -3.81. The van der Waals surface area contributed by atoms with Crippen LogP contribution in [0.15, 0.2) is 77.7 Å². The second kappa shape index (κ2) is 9.11. The molecule has 30 heavy (non-hydrogen) atoms. The van der Waals surface area contributed by atoms with Crippen LogP contribution < -0.4 is 10.0 Å². The molecule has 5 nitrogen and oxygen atoms in total. The first kappa shape index (κ1) is 21.5. The van der Waals surface area contributed by atoms with Crippen LogP contribution in [0, 0.1) is 12.7 Å². The number of carbonyl (C=O) groups is 1. The lowest BCUT2D eigenvalue weighted by Gasteiger charge is -2.12. The summed E-state index contributed by atoms with van der Waals surface area (Å²) in [6.07, 6.45) is 2.85. The van der Waals surface area contributed by atoms with Crippen molar-refractivity contribution < 1.29 is 17.6 Å². The lowest BCUT2D eigenvalue weighted by molar-refractivity contribution is -0.111. The van der Waals surface area contributed by atoms with E-state index >= 15 is 0 Å². The molecule has 8 heteroatoms. The molecule has 154 valence electrons. The number of hydrogen-bond donors (Lipinski definition) is 2. The Morgan fingerprint density at radius 3 is 2.33 bits per heavy atom. The Morgan fingerprint density at radius 2 is 1.67 bits per heavy atom. The molecule has 0 radical (unpaired) electrons. The zero-order valence-corrected chi connectivity index (χ0v) is 17.5. The summed E-state index contributed by atoms with van der Waals surface area (Å²) in [5.41, 5.74) is 2.13. The van der Waals surface area contributed by atoms with Gasteiger partial charge in [-0.15, -0.1) is 0 Å². The standard InChI is InChI=1S/C22H18ClFN2O3S/c1-15-20(23)3-2-4-21(15)26-30(28,29)19-12-10-18(11-13-19)25-22(27)14-7-16-5-8-17(24)9-6-16/h2-14,26H,1H3,(H,25,27)/b14-7+. The molecule has 3 rings (SSSR count). The summed E-state index contributed by atoms with van der Waals surface area (Å²) in [5.74, 6) is -0.755. The summed E-state index contributed by atoms with van der Waals surface area (Å²) in [6.45, 7) is 1.72. The molecule has 0 unspecified atom stereocenters. The highest BCUT2D eigenvalue weighted by atomic mass is 35.5. The van der Waals surface area contributed by atoms with E-state index in [2.05, 4.69) is 10.0 Å². The van der Waals surface area contributed by atoms with E-state index in [4.69, 9.17) is 11.6 Å². The van der Waals surface area contributed by atoms with Crippen molar-refractivity contribution in [1.82, 2.24) is 0 Å². The lowest BCUT2D eigenvalue weighted by atomic mass is 10.2. The van der Waals surface area contributed by atoms with Crippen LogP contribution in [0.4, 0.5) is 15.8 Å². The van der Waals surface area contributed by atoms with Gasteiger partial charge in [-0.2, -0.15) is 0 Å². The number of carbonyl (C=O) groups excluding carboxylic acids is 1. The van der Waals surface area contributed by atoms with Crippen molar-refractivity contribution in [1.29, 1.82) is 0 Å². The molecule has 1 amide bonds. The second-order valence-corrected chi connectivity index (χ2v) is 8.51. The monoisotopic (exact) mass is 444 g/mol. The third-order valence-electron chi connectivity index (χ3n) is 4.24. The highest BCUT2D eigenvalue weighted by Crippen LogP contribution is 2.25. The molecule has 0 saturated heterocycles. The first-order valence-corrected chi connectivity index (χ1v) is 10.7. The predicted octanol–water partition coefficient (Wildman–Crippen LogP) is 5.24. The average molecular weight is 445 g/mol. The molecule has 0 bridgehead atoms. The summed E-state index contributed by atoms with van der Waals surface area (Å²) >= 11 is 6.03. The van der Waals surface area contributed by atoms with Gasteiger partial charge in [0, 0.05) is 16.8 Å². The third kappa shape index (κ3) is 5.46. The fourth-order valence-corrected chi connectivity index (χ4v) is 3.87. The van der Waals surface area contributed by atoms with Crippen LogP contribution in [0.1, 0.15) is 11.1 Å². The number of rotatable bonds is 6. The van der Waals surface area contributed by atoms with Gasteiger partial charge in [0.1, 0.15) is 5.82 Å². The van der Waals surface area contributed by atoms with Gasteiger partial charge in [0.25, 0.3) is 10.0 Å². The van der Waals surface area contributed by atoms with Gasteiger partial charge in [-0.25, -0.2) is 12.8 Å². The summed E-state index contributed by atoms with van der Waals surface area (Å²) in [6, 6.07) is 16.4. The van der Waals surface area contributed by atoms with Crippen LogP contribution in [0.25, 0.3) is 6.08 Å². The molecule has 0 spiro atoms. The maximum absolute atomic E-state index is 12.9. The number of sulfonamides is 1. The number of amides is 1. The van der Waals surface area contributed by atoms with E-state index in [-0.39, 0.29) is 10.7 Å². The topological polar surface area (TPSA) is 75.3 Å². The summed E-state index contributed by atoms with van der Waals surface area (Å²) in [7, 11) is -3.81. The maximum atomic E-state index is 12.9. The minimum absolute atomic E-state index is 0.0433. The first-order chi connectivity index (χ1) is 14.2.